The molecule has 0 atom stereocenters. The summed E-state index contributed by atoms with van der Waals surface area (Å²) >= 11 is 0. The molecule has 2 aromatic rings. The number of benzene rings is 2. The Hall–Kier alpha value is -2.29. The van der Waals surface area contributed by atoms with Crippen LogP contribution < -0.4 is 10.1 Å². The molecule has 0 radical (unpaired) electrons. The van der Waals surface area contributed by atoms with Gasteiger partial charge in [0.25, 0.3) is 0 Å². The second-order valence-electron chi connectivity index (χ2n) is 3.86. The van der Waals surface area contributed by atoms with Crippen LogP contribution in [0.15, 0.2) is 60.7 Å². The highest BCUT2D eigenvalue weighted by Gasteiger charge is 2.02. The number of rotatable bonds is 6. The van der Waals surface area contributed by atoms with Crippen LogP contribution >= 0.6 is 0 Å². The molecule has 0 unspecified atom stereocenters. The van der Waals surface area contributed by atoms with E-state index >= 15 is 0 Å². The lowest BCUT2D eigenvalue weighted by molar-refractivity contribution is -0.119. The monoisotopic (exact) mass is 241 g/mol. The van der Waals surface area contributed by atoms with Crippen molar-refractivity contribution in [3.63, 3.8) is 0 Å². The minimum absolute atomic E-state index is 0.0164. The summed E-state index contributed by atoms with van der Waals surface area (Å²) in [6.45, 7) is 0.362. The maximum Gasteiger partial charge on any atom is 0.189 e. The summed E-state index contributed by atoms with van der Waals surface area (Å²) < 4.78 is 5.37. The van der Waals surface area contributed by atoms with E-state index in [1.165, 1.54) is 0 Å². The zero-order chi connectivity index (χ0) is 12.6. The summed E-state index contributed by atoms with van der Waals surface area (Å²) in [4.78, 5) is 11.6. The van der Waals surface area contributed by atoms with E-state index in [1.807, 2.05) is 60.7 Å². The molecule has 2 aromatic carbocycles. The van der Waals surface area contributed by atoms with Gasteiger partial charge in [-0.3, -0.25) is 4.79 Å². The SMILES string of the molecule is O=C(CNc1ccccc1)COc1ccccc1. The number of anilines is 1. The summed E-state index contributed by atoms with van der Waals surface area (Å²) in [6, 6.07) is 19.0. The lowest BCUT2D eigenvalue weighted by atomic mass is 10.3. The summed E-state index contributed by atoms with van der Waals surface area (Å²) in [5, 5.41) is 3.05. The number of hydrogen-bond donors (Lipinski definition) is 1. The fourth-order valence-corrected chi connectivity index (χ4v) is 1.49. The van der Waals surface area contributed by atoms with E-state index in [4.69, 9.17) is 4.74 Å². The van der Waals surface area contributed by atoms with E-state index in [0.717, 1.165) is 5.69 Å². The second kappa shape index (κ2) is 6.45. The standard InChI is InChI=1S/C15H15NO2/c17-14(11-16-13-7-3-1-4-8-13)12-18-15-9-5-2-6-10-15/h1-10,16H,11-12H2. The van der Waals surface area contributed by atoms with Gasteiger partial charge >= 0.3 is 0 Å². The van der Waals surface area contributed by atoms with E-state index in [1.54, 1.807) is 0 Å². The molecule has 18 heavy (non-hydrogen) atoms. The van der Waals surface area contributed by atoms with Crippen LogP contribution in [0.3, 0.4) is 0 Å². The van der Waals surface area contributed by atoms with Gasteiger partial charge < -0.3 is 10.1 Å². The van der Waals surface area contributed by atoms with Crippen LogP contribution in [-0.4, -0.2) is 18.9 Å². The molecular formula is C15H15NO2. The molecule has 0 amide bonds. The molecule has 1 N–H and O–H groups in total. The van der Waals surface area contributed by atoms with Gasteiger partial charge in [-0.1, -0.05) is 36.4 Å². The van der Waals surface area contributed by atoms with Crippen LogP contribution in [0.2, 0.25) is 0 Å². The van der Waals surface area contributed by atoms with Gasteiger partial charge in [0.05, 0.1) is 6.54 Å². The van der Waals surface area contributed by atoms with Gasteiger partial charge in [0.2, 0.25) is 0 Å². The van der Waals surface area contributed by atoms with Gasteiger partial charge in [0.15, 0.2) is 5.78 Å². The van der Waals surface area contributed by atoms with Crippen LogP contribution in [0.4, 0.5) is 5.69 Å². The fraction of sp³-hybridized carbons (Fsp3) is 0.133. The van der Waals surface area contributed by atoms with Crippen molar-refractivity contribution in [3.8, 4) is 5.75 Å². The molecule has 92 valence electrons. The topological polar surface area (TPSA) is 38.3 Å². The molecule has 0 aliphatic heterocycles. The van der Waals surface area contributed by atoms with Crippen LogP contribution in [-0.2, 0) is 4.79 Å². The second-order valence-corrected chi connectivity index (χ2v) is 3.86. The highest BCUT2D eigenvalue weighted by Crippen LogP contribution is 2.08. The Bertz CT molecular complexity index is 437. The normalized spacial score (nSPS) is 9.78. The minimum atomic E-state index is 0.0164. The predicted molar refractivity (Wildman–Crippen MR) is 71.9 cm³/mol. The minimum Gasteiger partial charge on any atom is -0.486 e. The van der Waals surface area contributed by atoms with Gasteiger partial charge in [-0.15, -0.1) is 0 Å². The maximum atomic E-state index is 11.6. The Balaban J connectivity index is 1.73. The summed E-state index contributed by atoms with van der Waals surface area (Å²) in [7, 11) is 0. The van der Waals surface area contributed by atoms with Crippen molar-refractivity contribution in [1.29, 1.82) is 0 Å². The number of Topliss-reactive ketones (excluding diaryl/α,β-unsaturated/α-hetero) is 1. The fourth-order valence-electron chi connectivity index (χ4n) is 1.49. The van der Waals surface area contributed by atoms with Gasteiger partial charge in [0, 0.05) is 5.69 Å². The molecule has 0 aliphatic rings. The molecule has 0 spiro atoms. The number of carbonyl (C=O) groups is 1. The number of carbonyl (C=O) groups excluding carboxylic acids is 1. The first-order valence-corrected chi connectivity index (χ1v) is 5.83. The average Bonchev–Trinajstić information content (AvgIpc) is 2.45. The largest absolute Gasteiger partial charge is 0.486 e. The van der Waals surface area contributed by atoms with Gasteiger partial charge in [-0.05, 0) is 24.3 Å². The van der Waals surface area contributed by atoms with Crippen LogP contribution in [0.5, 0.6) is 5.75 Å². The molecule has 3 nitrogen and oxygen atoms in total. The van der Waals surface area contributed by atoms with Crippen molar-refractivity contribution in [1.82, 2.24) is 0 Å². The lowest BCUT2D eigenvalue weighted by Gasteiger charge is -2.07. The van der Waals surface area contributed by atoms with E-state index in [9.17, 15) is 4.79 Å². The summed E-state index contributed by atoms with van der Waals surface area (Å²) in [5.74, 6) is 0.730. The third kappa shape index (κ3) is 3.94. The lowest BCUT2D eigenvalue weighted by Crippen LogP contribution is -2.20. The molecule has 2 rings (SSSR count). The van der Waals surface area contributed by atoms with Crippen molar-refractivity contribution in [2.24, 2.45) is 0 Å². The van der Waals surface area contributed by atoms with Gasteiger partial charge in [-0.25, -0.2) is 0 Å². The third-order valence-electron chi connectivity index (χ3n) is 2.41. The molecule has 3 heteroatoms. The highest BCUT2D eigenvalue weighted by atomic mass is 16.5. The Kier molecular flexibility index (Phi) is 4.36. The molecule has 0 bridgehead atoms. The Morgan fingerprint density at radius 3 is 2.22 bits per heavy atom. The molecule has 0 fully saturated rings. The van der Waals surface area contributed by atoms with Gasteiger partial charge in [0.1, 0.15) is 12.4 Å². The molecule has 0 aromatic heterocycles. The quantitative estimate of drug-likeness (QED) is 0.845. The Labute approximate surface area is 106 Å². The zero-order valence-electron chi connectivity index (χ0n) is 10.0. The zero-order valence-corrected chi connectivity index (χ0v) is 10.0. The van der Waals surface area contributed by atoms with Crippen LogP contribution in [0.1, 0.15) is 0 Å². The Morgan fingerprint density at radius 1 is 0.944 bits per heavy atom. The number of nitrogens with one attached hydrogen (secondary N) is 1. The van der Waals surface area contributed by atoms with Crippen molar-refractivity contribution in [2.75, 3.05) is 18.5 Å². The number of ether oxygens (including phenoxy) is 1. The molecular weight excluding hydrogens is 226 g/mol. The first-order valence-electron chi connectivity index (χ1n) is 5.83. The molecule has 0 heterocycles. The summed E-state index contributed by atoms with van der Waals surface area (Å²) in [6.07, 6.45) is 0. The average molecular weight is 241 g/mol. The molecule has 0 saturated carbocycles. The number of hydrogen-bond acceptors (Lipinski definition) is 3. The first kappa shape index (κ1) is 12.2. The third-order valence-corrected chi connectivity index (χ3v) is 2.41. The Morgan fingerprint density at radius 2 is 1.56 bits per heavy atom. The van der Waals surface area contributed by atoms with Crippen molar-refractivity contribution >= 4 is 11.5 Å². The number of ketones is 1. The first-order chi connectivity index (χ1) is 8.84. The highest BCUT2D eigenvalue weighted by molar-refractivity contribution is 5.84. The van der Waals surface area contributed by atoms with E-state index in [2.05, 4.69) is 5.32 Å². The van der Waals surface area contributed by atoms with E-state index in [0.29, 0.717) is 5.75 Å². The molecule has 0 saturated heterocycles. The van der Waals surface area contributed by atoms with Crippen molar-refractivity contribution in [3.05, 3.63) is 60.7 Å². The summed E-state index contributed by atoms with van der Waals surface area (Å²) in [5.41, 5.74) is 0.936. The van der Waals surface area contributed by atoms with Crippen molar-refractivity contribution < 1.29 is 9.53 Å². The van der Waals surface area contributed by atoms with Crippen LogP contribution in [0, 0.1) is 0 Å². The number of para-hydroxylation sites is 2. The van der Waals surface area contributed by atoms with Crippen molar-refractivity contribution in [2.45, 2.75) is 0 Å². The predicted octanol–water partition coefficient (Wildman–Crippen LogP) is 2.75. The smallest absolute Gasteiger partial charge is 0.189 e. The van der Waals surface area contributed by atoms with Gasteiger partial charge in [-0.2, -0.15) is 0 Å². The van der Waals surface area contributed by atoms with E-state index < -0.39 is 0 Å². The molecule has 0 aliphatic carbocycles. The van der Waals surface area contributed by atoms with Crippen LogP contribution in [0.25, 0.3) is 0 Å². The maximum absolute atomic E-state index is 11.6. The van der Waals surface area contributed by atoms with E-state index in [-0.39, 0.29) is 18.9 Å².